The number of aliphatic hydroxyl groups excluding tert-OH is 3. The maximum Gasteiger partial charge on any atom is 0.226 e. The molecule has 0 aliphatic rings. The van der Waals surface area contributed by atoms with Gasteiger partial charge in [-0.2, -0.15) is 0 Å². The molecule has 0 aliphatic heterocycles. The van der Waals surface area contributed by atoms with Crippen LogP contribution in [0.1, 0.15) is 40.0 Å². The van der Waals surface area contributed by atoms with Crippen LogP contribution in [0.2, 0.25) is 0 Å². The van der Waals surface area contributed by atoms with Crippen LogP contribution < -0.4 is 0 Å². The number of rotatable bonds is 43. The summed E-state index contributed by atoms with van der Waals surface area (Å²) >= 11 is 0. The summed E-state index contributed by atoms with van der Waals surface area (Å²) in [5.74, 6) is -0.484. The fraction of sp³-hybridized carbons (Fsp3) is 1.00. The lowest BCUT2D eigenvalue weighted by Gasteiger charge is -2.35. The number of aliphatic hydroxyl groups is 3. The highest BCUT2D eigenvalue weighted by Gasteiger charge is 2.64. The molecule has 0 radical (unpaired) electrons. The maximum atomic E-state index is 12.6. The minimum Gasteiger partial charge on any atom is -0.394 e. The molecule has 0 saturated heterocycles. The number of hydrogen-bond donors (Lipinski definition) is 3. The second-order valence-corrected chi connectivity index (χ2v) is 39.4. The van der Waals surface area contributed by atoms with Crippen molar-refractivity contribution in [1.82, 2.24) is 0 Å². The Labute approximate surface area is 492 Å². The molecule has 0 amide bonds. The Hall–Kier alpha value is -0.180. The van der Waals surface area contributed by atoms with E-state index in [-0.39, 0.29) is 78.3 Å². The zero-order valence-electron chi connectivity index (χ0n) is 49.1. The molecular weight excluding hydrogens is 1290 g/mol. The first-order valence-electron chi connectivity index (χ1n) is 24.3. The van der Waals surface area contributed by atoms with E-state index in [1.165, 1.54) is 46.4 Å². The van der Waals surface area contributed by atoms with Gasteiger partial charge in [0.1, 0.15) is 32.7 Å². The predicted molar refractivity (Wildman–Crippen MR) is 313 cm³/mol. The zero-order valence-corrected chi connectivity index (χ0v) is 57.3. The summed E-state index contributed by atoms with van der Waals surface area (Å²) in [5, 5.41) is 26.2. The summed E-state index contributed by atoms with van der Waals surface area (Å²) in [6, 6.07) is 0. The topological polar surface area (TPSA) is 417 Å². The van der Waals surface area contributed by atoms with Crippen molar-refractivity contribution in [2.45, 2.75) is 99.2 Å². The van der Waals surface area contributed by atoms with Crippen molar-refractivity contribution >= 4 is 102 Å². The van der Waals surface area contributed by atoms with E-state index < -0.39 is 168 Å². The van der Waals surface area contributed by atoms with Gasteiger partial charge in [0.15, 0.2) is 57.8 Å². The number of methoxy groups -OCH3 is 3. The first kappa shape index (κ1) is 85.0. The van der Waals surface area contributed by atoms with Gasteiger partial charge in [-0.1, -0.05) is 20.8 Å². The third-order valence-corrected chi connectivity index (χ3v) is 32.9. The van der Waals surface area contributed by atoms with Crippen LogP contribution in [-0.4, -0.2) is 311 Å². The number of ether oxygens (including phenoxy) is 9. The van der Waals surface area contributed by atoms with E-state index in [1.54, 1.807) is 6.92 Å². The molecule has 11 atom stereocenters. The molecule has 28 nitrogen and oxygen atoms in total. The van der Waals surface area contributed by atoms with Crippen molar-refractivity contribution in [2.75, 3.05) is 169 Å². The molecule has 0 bridgehead atoms. The summed E-state index contributed by atoms with van der Waals surface area (Å²) in [7, 11) is -28.6. The zero-order chi connectivity index (χ0) is 64.2. The first-order valence-corrected chi connectivity index (χ1v) is 42.4. The van der Waals surface area contributed by atoms with Crippen LogP contribution in [0.25, 0.3) is 0 Å². The molecule has 0 saturated carbocycles. The SMILES string of the molecule is CCC(CO)OCC(COCC(C(S(C)(=O)=O)S(C)(=O)=O)(S(C)(=O)=O)S(C)(=O)=O)OC.CCC(CO)OCC(COCC(C(S(C)=O)S(C)=O)(S(C)=O)S(C)=O)OC.CCC(CO)OCC(COCC(CS(C)(=O)=O)S(C)(=O)=O)OC. The van der Waals surface area contributed by atoms with Gasteiger partial charge in [-0.3, -0.25) is 16.8 Å². The van der Waals surface area contributed by atoms with Crippen molar-refractivity contribution in [2.24, 2.45) is 0 Å². The molecule has 0 fully saturated rings. The van der Waals surface area contributed by atoms with E-state index in [2.05, 4.69) is 0 Å². The lowest BCUT2D eigenvalue weighted by molar-refractivity contribution is -0.0731. The monoisotopic (exact) mass is 1380 g/mol. The molecule has 492 valence electrons. The Morgan fingerprint density at radius 1 is 0.432 bits per heavy atom. The third-order valence-electron chi connectivity index (χ3n) is 11.8. The Bertz CT molecular complexity index is 2490. The molecule has 3 N–H and O–H groups in total. The van der Waals surface area contributed by atoms with Crippen LogP contribution >= 0.6 is 0 Å². The predicted octanol–water partition coefficient (Wildman–Crippen LogP) is -3.39. The van der Waals surface area contributed by atoms with Gasteiger partial charge in [0.2, 0.25) is 4.08 Å². The number of sulfone groups is 6. The molecule has 0 aliphatic carbocycles. The molecule has 0 aromatic rings. The van der Waals surface area contributed by atoms with Crippen molar-refractivity contribution in [3.05, 3.63) is 0 Å². The third kappa shape index (κ3) is 30.5. The standard InChI is InChI=1S/C15H32O12S4.C15H32O8S4.C13H28O8S2/c1-7-12(8-16)27-10-13(25-2)9-26-11-15(30(5,21)22,31(6,23)24)14(28(3,17)18)29(4,19)20;1-7-12(8-16)23-10-13(21-2)9-22-11-15(26(5)19,27(6)20)14(24(3)17)25(4)18;1-5-11(6-14)21-8-12(19-2)7-20-9-13(23(4,17)18)10-22(3,15)16/h12-14,16H,7-11H2,1-6H3;12-14,16H,7-11H2,1-6H3;11-14H,5-10H2,1-4H3. The molecule has 0 spiro atoms. The summed E-state index contributed by atoms with van der Waals surface area (Å²) < 4.78 is 234. The summed E-state index contributed by atoms with van der Waals surface area (Å²) in [6.07, 6.45) is 8.08. The molecular formula is C43H92O28S10. The summed E-state index contributed by atoms with van der Waals surface area (Å²) in [5.41, 5.74) is 0. The van der Waals surface area contributed by atoms with Crippen LogP contribution in [0, 0.1) is 0 Å². The van der Waals surface area contributed by atoms with E-state index in [9.17, 15) is 67.3 Å². The van der Waals surface area contributed by atoms with Gasteiger partial charge in [-0.15, -0.1) is 0 Å². The van der Waals surface area contributed by atoms with E-state index in [0.29, 0.717) is 44.3 Å². The molecule has 0 rings (SSSR count). The highest BCUT2D eigenvalue weighted by Crippen LogP contribution is 2.36. The summed E-state index contributed by atoms with van der Waals surface area (Å²) in [4.78, 5) is 0. The van der Waals surface area contributed by atoms with E-state index >= 15 is 0 Å². The Morgan fingerprint density at radius 2 is 0.741 bits per heavy atom. The lowest BCUT2D eigenvalue weighted by Crippen LogP contribution is -2.62. The van der Waals surface area contributed by atoms with Gasteiger partial charge in [0.05, 0.1) is 109 Å². The van der Waals surface area contributed by atoms with E-state index in [0.717, 1.165) is 12.5 Å². The van der Waals surface area contributed by atoms with Crippen molar-refractivity contribution in [3.8, 4) is 0 Å². The van der Waals surface area contributed by atoms with Crippen molar-refractivity contribution < 1.29 is 125 Å². The molecule has 0 aromatic heterocycles. The molecule has 11 unspecified atom stereocenters. The highest BCUT2D eigenvalue weighted by molar-refractivity contribution is 8.16. The van der Waals surface area contributed by atoms with Crippen LogP contribution in [0.5, 0.6) is 0 Å². The van der Waals surface area contributed by atoms with Crippen molar-refractivity contribution in [3.63, 3.8) is 0 Å². The average molecular weight is 1380 g/mol. The minimum absolute atomic E-state index is 0.0495. The van der Waals surface area contributed by atoms with Crippen LogP contribution in [0.4, 0.5) is 0 Å². The molecule has 0 aromatic carbocycles. The van der Waals surface area contributed by atoms with E-state index in [4.69, 9.17) is 58.0 Å². The van der Waals surface area contributed by atoms with Crippen LogP contribution in [0.3, 0.4) is 0 Å². The Balaban J connectivity index is -0.00000114. The second kappa shape index (κ2) is 39.7. The highest BCUT2D eigenvalue weighted by atomic mass is 32.3. The van der Waals surface area contributed by atoms with Gasteiger partial charge in [-0.05, 0) is 19.3 Å². The molecule has 38 heteroatoms. The van der Waals surface area contributed by atoms with Gasteiger partial charge in [-0.25, -0.2) is 50.5 Å². The molecule has 81 heavy (non-hydrogen) atoms. The first-order chi connectivity index (χ1) is 36.9. The van der Waals surface area contributed by atoms with Gasteiger partial charge >= 0.3 is 0 Å². The largest absolute Gasteiger partial charge is 0.394 e. The van der Waals surface area contributed by atoms with Gasteiger partial charge in [0.25, 0.3) is 0 Å². The normalized spacial score (nSPS) is 18.5. The van der Waals surface area contributed by atoms with Crippen molar-refractivity contribution in [1.29, 1.82) is 0 Å². The minimum atomic E-state index is -4.86. The van der Waals surface area contributed by atoms with Gasteiger partial charge in [0, 0.05) is 127 Å². The van der Waals surface area contributed by atoms with Crippen LogP contribution in [-0.2, 0) is 145 Å². The summed E-state index contributed by atoms with van der Waals surface area (Å²) in [6.45, 7) is 3.24. The fourth-order valence-corrected chi connectivity index (χ4v) is 29.9. The quantitative estimate of drug-likeness (QED) is 0.0536. The van der Waals surface area contributed by atoms with Crippen LogP contribution in [0.15, 0.2) is 0 Å². The lowest BCUT2D eigenvalue weighted by atomic mass is 10.3. The fourth-order valence-electron chi connectivity index (χ4n) is 7.05. The second-order valence-electron chi connectivity index (χ2n) is 18.7. The van der Waals surface area contributed by atoms with Gasteiger partial charge < -0.3 is 58.0 Å². The smallest absolute Gasteiger partial charge is 0.226 e. The maximum absolute atomic E-state index is 12.6. The number of hydrogen-bond acceptors (Lipinski definition) is 28. The average Bonchev–Trinajstić information content (AvgIpc) is 3.32. The molecule has 0 heterocycles. The Morgan fingerprint density at radius 3 is 0.963 bits per heavy atom. The van der Waals surface area contributed by atoms with E-state index in [1.807, 2.05) is 13.8 Å². The Kier molecular flexibility index (Phi) is 41.6.